The molecule has 0 bridgehead atoms. The number of hydrogen-bond acceptors (Lipinski definition) is 19. The van der Waals surface area contributed by atoms with E-state index >= 15 is 0 Å². The van der Waals surface area contributed by atoms with Crippen LogP contribution in [0.4, 0.5) is 5.82 Å². The maximum atomic E-state index is 12.8. The fraction of sp³-hybridized carbons (Fsp3) is 0.846. The highest BCUT2D eigenvalue weighted by molar-refractivity contribution is 6.37. The number of rotatable bonds is 41. The van der Waals surface area contributed by atoms with Gasteiger partial charge in [0, 0.05) is 19.5 Å². The normalized spacial score (nSPS) is 16.8. The largest absolute Gasteiger partial charge is 0.486 e. The fourth-order valence-corrected chi connectivity index (χ4v) is 5.76. The molecular weight excluding hydrogens is 819 g/mol. The number of amides is 1. The maximum absolute atomic E-state index is 12.8. The van der Waals surface area contributed by atoms with Gasteiger partial charge in [0.25, 0.3) is 0 Å². The lowest BCUT2D eigenvalue weighted by molar-refractivity contribution is -0.144. The number of nitrogens with two attached hydrogens (primary N) is 2. The maximum Gasteiger partial charge on any atom is 0.486 e. The average molecular weight is 890 g/mol. The van der Waals surface area contributed by atoms with E-state index in [4.69, 9.17) is 73.0 Å². The Labute approximate surface area is 362 Å². The van der Waals surface area contributed by atoms with Crippen molar-refractivity contribution in [1.29, 1.82) is 0 Å². The van der Waals surface area contributed by atoms with Gasteiger partial charge in [0.05, 0.1) is 171 Å². The summed E-state index contributed by atoms with van der Waals surface area (Å²) in [5.74, 6) is -0.0358. The number of nitrogens with zero attached hydrogens (tertiary/aromatic N) is 4. The van der Waals surface area contributed by atoms with Crippen LogP contribution >= 0.6 is 0 Å². The number of hydrogen-bond donors (Lipinski definition) is 3. The van der Waals surface area contributed by atoms with Crippen molar-refractivity contribution in [3.05, 3.63) is 12.7 Å². The van der Waals surface area contributed by atoms with Crippen LogP contribution in [0, 0.1) is 0 Å². The zero-order valence-corrected chi connectivity index (χ0v) is 37.5. The summed E-state index contributed by atoms with van der Waals surface area (Å²) in [4.78, 5) is 25.6. The average Bonchev–Trinajstić information content (AvgIpc) is 3.89. The number of fused-ring (bicyclic) bond motifs is 1. The third-order valence-electron chi connectivity index (χ3n) is 8.99. The van der Waals surface area contributed by atoms with Crippen LogP contribution in [0.1, 0.15) is 20.3 Å². The summed E-state index contributed by atoms with van der Waals surface area (Å²) in [7, 11) is 0.749. The Balaban J connectivity index is 1.09. The Morgan fingerprint density at radius 3 is 1.70 bits per heavy atom. The Morgan fingerprint density at radius 2 is 1.23 bits per heavy atom. The summed E-state index contributed by atoms with van der Waals surface area (Å²) < 4.78 is 74.9. The molecule has 1 aliphatic heterocycles. The number of nitrogen functional groups attached to an aromatic ring is 1. The van der Waals surface area contributed by atoms with Crippen LogP contribution in [0.25, 0.3) is 11.2 Å². The Morgan fingerprint density at radius 1 is 0.754 bits per heavy atom. The summed E-state index contributed by atoms with van der Waals surface area (Å²) in [6, 6.07) is 0. The molecule has 0 unspecified atom stereocenters. The van der Waals surface area contributed by atoms with Gasteiger partial charge >= 0.3 is 9.52 Å². The van der Waals surface area contributed by atoms with Gasteiger partial charge in [-0.1, -0.05) is 0 Å². The number of carbonyl (C=O) groups is 1. The molecule has 1 saturated heterocycles. The lowest BCUT2D eigenvalue weighted by Crippen LogP contribution is -2.41. The third kappa shape index (κ3) is 23.1. The van der Waals surface area contributed by atoms with Crippen molar-refractivity contribution in [3.8, 4) is 0 Å². The SMILES string of the molecule is C[Si+]C(C)(C)COC[C@@H]1C[C@@](OCC(=O)NCCOCCOCCOCCOCCOCCOCCOCCOCCOCCOCCN)(n2cnc3c(N)ncnc32)CO1. The summed E-state index contributed by atoms with van der Waals surface area (Å²) in [5.41, 5.74) is 11.3. The highest BCUT2D eigenvalue weighted by atomic mass is 28.2. The van der Waals surface area contributed by atoms with Crippen molar-refractivity contribution >= 4 is 32.4 Å². The van der Waals surface area contributed by atoms with Gasteiger partial charge in [-0.2, -0.15) is 0 Å². The summed E-state index contributed by atoms with van der Waals surface area (Å²) in [6.45, 7) is 17.8. The molecule has 5 N–H and O–H groups in total. The van der Waals surface area contributed by atoms with Gasteiger partial charge in [-0.25, -0.2) is 15.0 Å². The number of aromatic nitrogens is 4. The highest BCUT2D eigenvalue weighted by Gasteiger charge is 2.45. The first-order valence-corrected chi connectivity index (χ1v) is 22.5. The molecule has 2 aromatic heterocycles. The smallest absolute Gasteiger partial charge is 0.382 e. The first-order chi connectivity index (χ1) is 29.8. The molecule has 2 aromatic rings. The molecule has 0 aromatic carbocycles. The molecule has 61 heavy (non-hydrogen) atoms. The molecule has 1 aliphatic rings. The van der Waals surface area contributed by atoms with E-state index < -0.39 is 5.72 Å². The van der Waals surface area contributed by atoms with E-state index in [9.17, 15) is 4.79 Å². The number of nitrogens with one attached hydrogen (secondary N) is 1. The quantitative estimate of drug-likeness (QED) is 0.0591. The molecule has 3 heterocycles. The molecule has 0 saturated carbocycles. The fourth-order valence-electron chi connectivity index (χ4n) is 5.51. The van der Waals surface area contributed by atoms with Crippen LogP contribution in [0.2, 0.25) is 11.6 Å². The van der Waals surface area contributed by atoms with Gasteiger partial charge in [0.1, 0.15) is 23.5 Å². The van der Waals surface area contributed by atoms with Crippen molar-refractivity contribution in [2.24, 2.45) is 5.73 Å². The number of anilines is 1. The Bertz CT molecular complexity index is 1400. The molecular formula is C39H71N7O14Si+. The number of carbonyl (C=O) groups excluding carboxylic acids is 1. The van der Waals surface area contributed by atoms with Crippen LogP contribution in [0.3, 0.4) is 0 Å². The summed E-state index contributed by atoms with van der Waals surface area (Å²) >= 11 is 0. The van der Waals surface area contributed by atoms with Gasteiger partial charge in [0.2, 0.25) is 5.91 Å². The van der Waals surface area contributed by atoms with E-state index in [1.165, 1.54) is 6.33 Å². The van der Waals surface area contributed by atoms with E-state index in [2.05, 4.69) is 40.7 Å². The number of imidazole rings is 1. The highest BCUT2D eigenvalue weighted by Crippen LogP contribution is 2.36. The van der Waals surface area contributed by atoms with Crippen molar-refractivity contribution < 1.29 is 66.4 Å². The molecule has 0 spiro atoms. The van der Waals surface area contributed by atoms with Gasteiger partial charge < -0.3 is 78.4 Å². The summed E-state index contributed by atoms with van der Waals surface area (Å²) in [5, 5.41) is 2.92. The van der Waals surface area contributed by atoms with E-state index in [1.54, 1.807) is 10.9 Å². The van der Waals surface area contributed by atoms with Gasteiger partial charge in [-0.05, 0) is 13.8 Å². The zero-order chi connectivity index (χ0) is 43.7. The topological polar surface area (TPSA) is 245 Å². The van der Waals surface area contributed by atoms with Crippen molar-refractivity contribution in [3.63, 3.8) is 0 Å². The van der Waals surface area contributed by atoms with Crippen LogP contribution in [0.15, 0.2) is 12.7 Å². The zero-order valence-electron chi connectivity index (χ0n) is 36.5. The molecule has 1 fully saturated rings. The molecule has 349 valence electrons. The van der Waals surface area contributed by atoms with Crippen LogP contribution in [-0.4, -0.2) is 213 Å². The molecule has 3 rings (SSSR count). The second-order valence-electron chi connectivity index (χ2n) is 14.3. The standard InChI is InChI=1S/C39H71N7O14Si/c1-38(2,61-3)29-58-27-33-26-39(30-59-33,46-32-45-35-36(41)43-31-44-37(35)46)60-28-34(47)42-5-7-49-9-11-51-13-15-53-17-19-55-21-23-57-25-24-56-22-20-54-18-16-52-14-12-50-10-8-48-6-4-40/h31-33H,4-30,40H2,1-3H3,(H,42,47)(H2,41,43,44)/q+1/t33-,39-/m0/s1. The summed E-state index contributed by atoms with van der Waals surface area (Å²) in [6.07, 6.45) is 3.16. The van der Waals surface area contributed by atoms with Gasteiger partial charge in [-0.3, -0.25) is 9.36 Å². The Hall–Kier alpha value is -2.52. The van der Waals surface area contributed by atoms with Crippen molar-refractivity contribution in [2.75, 3.05) is 177 Å². The third-order valence-corrected chi connectivity index (χ3v) is 10.5. The van der Waals surface area contributed by atoms with E-state index in [0.29, 0.717) is 176 Å². The molecule has 1 radical (unpaired) electrons. The molecule has 21 nitrogen and oxygen atoms in total. The van der Waals surface area contributed by atoms with Gasteiger partial charge in [0.15, 0.2) is 17.2 Å². The predicted molar refractivity (Wildman–Crippen MR) is 225 cm³/mol. The Kier molecular flexibility index (Phi) is 28.6. The van der Waals surface area contributed by atoms with E-state index in [0.717, 1.165) is 9.52 Å². The predicted octanol–water partition coefficient (Wildman–Crippen LogP) is 0.0751. The van der Waals surface area contributed by atoms with Crippen LogP contribution in [0.5, 0.6) is 0 Å². The van der Waals surface area contributed by atoms with E-state index in [1.807, 2.05) is 0 Å². The molecule has 1 amide bonds. The lowest BCUT2D eigenvalue weighted by atomic mass is 10.1. The second kappa shape index (κ2) is 33.1. The minimum Gasteiger partial charge on any atom is -0.382 e. The minimum atomic E-state index is -1.03. The molecule has 2 atom stereocenters. The minimum absolute atomic E-state index is 0.0897. The molecule has 0 aliphatic carbocycles. The van der Waals surface area contributed by atoms with Crippen LogP contribution < -0.4 is 16.8 Å². The molecule has 22 heteroatoms. The van der Waals surface area contributed by atoms with E-state index in [-0.39, 0.29) is 36.1 Å². The van der Waals surface area contributed by atoms with Crippen molar-refractivity contribution in [2.45, 2.75) is 43.7 Å². The lowest BCUT2D eigenvalue weighted by Gasteiger charge is -2.29. The van der Waals surface area contributed by atoms with Crippen molar-refractivity contribution in [1.82, 2.24) is 24.8 Å². The van der Waals surface area contributed by atoms with Gasteiger partial charge in [-0.15, -0.1) is 0 Å². The number of ether oxygens (including phenoxy) is 13. The monoisotopic (exact) mass is 889 g/mol. The second-order valence-corrected chi connectivity index (χ2v) is 16.2. The first-order valence-electron chi connectivity index (χ1n) is 21.0. The van der Waals surface area contributed by atoms with Crippen LogP contribution in [-0.2, 0) is 72.1 Å². The first kappa shape index (κ1) is 52.8.